The van der Waals surface area contributed by atoms with E-state index >= 15 is 0 Å². The Kier molecular flexibility index (Phi) is 2.67. The Balaban J connectivity index is 3.52. The molecule has 0 aromatic rings. The van der Waals surface area contributed by atoms with Gasteiger partial charge in [-0.05, 0) is 0 Å². The van der Waals surface area contributed by atoms with Crippen LogP contribution in [-0.2, 0) is 4.79 Å². The van der Waals surface area contributed by atoms with E-state index in [1.54, 1.807) is 0 Å². The van der Waals surface area contributed by atoms with Crippen LogP contribution in [0, 0.1) is 12.3 Å². The zero-order valence-corrected chi connectivity index (χ0v) is 4.16. The van der Waals surface area contributed by atoms with Crippen LogP contribution in [0.2, 0.25) is 0 Å². The number of terminal acetylenes is 1. The maximum absolute atomic E-state index is 9.74. The topological polar surface area (TPSA) is 57.5 Å². The molecule has 0 unspecified atom stereocenters. The van der Waals surface area contributed by atoms with Gasteiger partial charge >= 0.3 is 5.97 Å². The molecule has 0 aliphatic heterocycles. The fraction of sp³-hybridized carbons (Fsp3) is 0.400. The summed E-state index contributed by atoms with van der Waals surface area (Å²) in [6.07, 6.45) is 3.16. The van der Waals surface area contributed by atoms with Crippen molar-refractivity contribution in [1.82, 2.24) is 0 Å². The van der Waals surface area contributed by atoms with Gasteiger partial charge in [-0.3, -0.25) is 0 Å². The van der Waals surface area contributed by atoms with Gasteiger partial charge in [0.1, 0.15) is 0 Å². The van der Waals surface area contributed by atoms with Crippen LogP contribution in [-0.4, -0.2) is 22.3 Å². The highest BCUT2D eigenvalue weighted by molar-refractivity contribution is 5.72. The van der Waals surface area contributed by atoms with E-state index in [4.69, 9.17) is 16.6 Å². The maximum Gasteiger partial charge on any atom is 0.333 e. The second-order valence-electron chi connectivity index (χ2n) is 1.26. The van der Waals surface area contributed by atoms with Crippen LogP contribution < -0.4 is 0 Å². The predicted octanol–water partition coefficient (Wildman–Crippen LogP) is -0.545. The Bertz CT molecular complexity index is 122. The van der Waals surface area contributed by atoms with Gasteiger partial charge in [-0.2, -0.15) is 0 Å². The van der Waals surface area contributed by atoms with Gasteiger partial charge in [-0.25, -0.2) is 4.79 Å². The summed E-state index contributed by atoms with van der Waals surface area (Å²) in [5.41, 5.74) is 0. The van der Waals surface area contributed by atoms with Crippen LogP contribution in [0.5, 0.6) is 0 Å². The maximum atomic E-state index is 9.74. The zero-order valence-electron chi connectivity index (χ0n) is 4.16. The molecule has 3 heteroatoms. The summed E-state index contributed by atoms with van der Waals surface area (Å²) in [4.78, 5) is 9.74. The van der Waals surface area contributed by atoms with Gasteiger partial charge in [0.15, 0.2) is 6.10 Å². The minimum Gasteiger partial charge on any atom is -0.479 e. The van der Waals surface area contributed by atoms with Crippen LogP contribution in [0.4, 0.5) is 0 Å². The van der Waals surface area contributed by atoms with Crippen LogP contribution >= 0.6 is 0 Å². The molecule has 0 aromatic heterocycles. The van der Waals surface area contributed by atoms with Gasteiger partial charge < -0.3 is 10.2 Å². The Morgan fingerprint density at radius 2 is 2.38 bits per heavy atom. The SMILES string of the molecule is C#CC[C@@H](O)C(=O)O. The van der Waals surface area contributed by atoms with E-state index in [9.17, 15) is 4.79 Å². The van der Waals surface area contributed by atoms with E-state index in [-0.39, 0.29) is 6.42 Å². The summed E-state index contributed by atoms with van der Waals surface area (Å²) in [5.74, 6) is 0.743. The van der Waals surface area contributed by atoms with Gasteiger partial charge in [0.2, 0.25) is 0 Å². The fourth-order valence-electron chi connectivity index (χ4n) is 0.199. The Hall–Kier alpha value is -1.01. The quantitative estimate of drug-likeness (QED) is 0.474. The molecule has 0 heterocycles. The van der Waals surface area contributed by atoms with Crippen molar-refractivity contribution in [3.63, 3.8) is 0 Å². The third kappa shape index (κ3) is 2.21. The van der Waals surface area contributed by atoms with Crippen molar-refractivity contribution in [2.45, 2.75) is 12.5 Å². The minimum atomic E-state index is -1.40. The zero-order chi connectivity index (χ0) is 6.57. The molecule has 0 aliphatic rings. The van der Waals surface area contributed by atoms with Gasteiger partial charge in [0, 0.05) is 6.42 Å². The molecule has 0 aliphatic carbocycles. The Labute approximate surface area is 46.9 Å². The smallest absolute Gasteiger partial charge is 0.333 e. The molecule has 8 heavy (non-hydrogen) atoms. The van der Waals surface area contributed by atoms with Gasteiger partial charge in [-0.15, -0.1) is 12.3 Å². The number of aliphatic carboxylic acids is 1. The average Bonchev–Trinajstić information content (AvgIpc) is 1.67. The first-order valence-corrected chi connectivity index (χ1v) is 2.03. The molecule has 2 N–H and O–H groups in total. The highest BCUT2D eigenvalue weighted by Gasteiger charge is 2.09. The molecule has 0 bridgehead atoms. The van der Waals surface area contributed by atoms with E-state index < -0.39 is 12.1 Å². The molecule has 44 valence electrons. The number of rotatable bonds is 2. The second kappa shape index (κ2) is 3.05. The van der Waals surface area contributed by atoms with Crippen LogP contribution in [0.3, 0.4) is 0 Å². The van der Waals surface area contributed by atoms with Gasteiger partial charge in [-0.1, -0.05) is 0 Å². The predicted molar refractivity (Wildman–Crippen MR) is 27.1 cm³/mol. The van der Waals surface area contributed by atoms with E-state index in [0.717, 1.165) is 0 Å². The lowest BCUT2D eigenvalue weighted by Gasteiger charge is -1.95. The highest BCUT2D eigenvalue weighted by atomic mass is 16.4. The molecule has 1 atom stereocenters. The van der Waals surface area contributed by atoms with Crippen LogP contribution in [0.15, 0.2) is 0 Å². The first kappa shape index (κ1) is 6.99. The van der Waals surface area contributed by atoms with Crippen molar-refractivity contribution in [2.24, 2.45) is 0 Å². The lowest BCUT2D eigenvalue weighted by atomic mass is 10.3. The molecule has 0 saturated carbocycles. The number of hydrogen-bond donors (Lipinski definition) is 2. The number of aliphatic hydroxyl groups is 1. The lowest BCUT2D eigenvalue weighted by molar-refractivity contribution is -0.146. The first-order chi connectivity index (χ1) is 3.68. The molecule has 3 nitrogen and oxygen atoms in total. The lowest BCUT2D eigenvalue weighted by Crippen LogP contribution is -2.17. The third-order valence-corrected chi connectivity index (χ3v) is 0.596. The standard InChI is InChI=1S/C5H6O3/c1-2-3-4(6)5(7)8/h1,4,6H,3H2,(H,7,8)/t4-/m1/s1. The van der Waals surface area contributed by atoms with Crippen molar-refractivity contribution >= 4 is 5.97 Å². The Morgan fingerprint density at radius 1 is 1.88 bits per heavy atom. The van der Waals surface area contributed by atoms with Crippen LogP contribution in [0.1, 0.15) is 6.42 Å². The van der Waals surface area contributed by atoms with Crippen molar-refractivity contribution in [3.8, 4) is 12.3 Å². The molecular weight excluding hydrogens is 108 g/mol. The Morgan fingerprint density at radius 3 is 2.50 bits per heavy atom. The van der Waals surface area contributed by atoms with E-state index in [1.807, 2.05) is 5.92 Å². The normalized spacial score (nSPS) is 12.0. The highest BCUT2D eigenvalue weighted by Crippen LogP contribution is 1.86. The largest absolute Gasteiger partial charge is 0.479 e. The molecule has 0 fully saturated rings. The fourth-order valence-corrected chi connectivity index (χ4v) is 0.199. The first-order valence-electron chi connectivity index (χ1n) is 2.03. The molecule has 0 amide bonds. The summed E-state index contributed by atoms with van der Waals surface area (Å²) in [6.45, 7) is 0. The van der Waals surface area contributed by atoms with E-state index in [0.29, 0.717) is 0 Å². The van der Waals surface area contributed by atoms with Gasteiger partial charge in [0.05, 0.1) is 0 Å². The number of hydrogen-bond acceptors (Lipinski definition) is 2. The molecule has 0 aromatic carbocycles. The van der Waals surface area contributed by atoms with E-state index in [1.165, 1.54) is 0 Å². The number of carbonyl (C=O) groups is 1. The van der Waals surface area contributed by atoms with Crippen molar-refractivity contribution in [1.29, 1.82) is 0 Å². The molecule has 0 rings (SSSR count). The number of carboxylic acid groups (broad SMARTS) is 1. The monoisotopic (exact) mass is 114 g/mol. The number of aliphatic hydroxyl groups excluding tert-OH is 1. The minimum absolute atomic E-state index is 0.130. The second-order valence-corrected chi connectivity index (χ2v) is 1.26. The van der Waals surface area contributed by atoms with E-state index in [2.05, 4.69) is 0 Å². The van der Waals surface area contributed by atoms with Crippen molar-refractivity contribution in [3.05, 3.63) is 0 Å². The molecule has 0 saturated heterocycles. The summed E-state index contributed by atoms with van der Waals surface area (Å²) in [5, 5.41) is 16.4. The van der Waals surface area contributed by atoms with Crippen molar-refractivity contribution in [2.75, 3.05) is 0 Å². The van der Waals surface area contributed by atoms with Gasteiger partial charge in [0.25, 0.3) is 0 Å². The molecule has 0 radical (unpaired) electrons. The summed E-state index contributed by atoms with van der Waals surface area (Å²) < 4.78 is 0. The van der Waals surface area contributed by atoms with Crippen molar-refractivity contribution < 1.29 is 15.0 Å². The number of carboxylic acids is 1. The summed E-state index contributed by atoms with van der Waals surface area (Å²) >= 11 is 0. The molecule has 0 spiro atoms. The molecular formula is C5H6O3. The third-order valence-electron chi connectivity index (χ3n) is 0.596. The summed E-state index contributed by atoms with van der Waals surface area (Å²) in [6, 6.07) is 0. The summed E-state index contributed by atoms with van der Waals surface area (Å²) in [7, 11) is 0. The average molecular weight is 114 g/mol. The van der Waals surface area contributed by atoms with Crippen LogP contribution in [0.25, 0.3) is 0 Å².